The summed E-state index contributed by atoms with van der Waals surface area (Å²) in [6.07, 6.45) is 2.80. The predicted molar refractivity (Wildman–Crippen MR) is 70.3 cm³/mol. The van der Waals surface area contributed by atoms with E-state index in [2.05, 4.69) is 0 Å². The molecule has 1 fully saturated rings. The highest BCUT2D eigenvalue weighted by atomic mass is 16.6. The zero-order valence-corrected chi connectivity index (χ0v) is 11.0. The second kappa shape index (κ2) is 6.32. The van der Waals surface area contributed by atoms with Gasteiger partial charge in [0.15, 0.2) is 0 Å². The molecule has 0 spiro atoms. The van der Waals surface area contributed by atoms with Gasteiger partial charge in [0, 0.05) is 6.61 Å². The van der Waals surface area contributed by atoms with Crippen LogP contribution >= 0.6 is 0 Å². The van der Waals surface area contributed by atoms with Crippen molar-refractivity contribution in [3.05, 3.63) is 35.9 Å². The van der Waals surface area contributed by atoms with Crippen LogP contribution in [0.2, 0.25) is 0 Å². The zero-order chi connectivity index (χ0) is 12.8. The van der Waals surface area contributed by atoms with Gasteiger partial charge in [-0.2, -0.15) is 0 Å². The summed E-state index contributed by atoms with van der Waals surface area (Å²) in [4.78, 5) is 0. The monoisotopic (exact) mass is 250 g/mol. The molecule has 1 saturated heterocycles. The molecule has 0 amide bonds. The van der Waals surface area contributed by atoms with Crippen molar-refractivity contribution in [1.29, 1.82) is 0 Å². The average molecular weight is 250 g/mol. The highest BCUT2D eigenvalue weighted by Crippen LogP contribution is 2.23. The molecule has 2 rings (SSSR count). The largest absolute Gasteiger partial charge is 0.390 e. The number of hydrogen-bond donors (Lipinski definition) is 1. The quantitative estimate of drug-likeness (QED) is 0.569. The third-order valence-electron chi connectivity index (χ3n) is 3.30. The van der Waals surface area contributed by atoms with Crippen molar-refractivity contribution in [3.63, 3.8) is 0 Å². The fourth-order valence-electron chi connectivity index (χ4n) is 1.89. The Labute approximate surface area is 109 Å². The minimum atomic E-state index is -0.636. The topological polar surface area (TPSA) is 42.0 Å². The Hall–Kier alpha value is -0.900. The van der Waals surface area contributed by atoms with Crippen LogP contribution in [-0.2, 0) is 16.1 Å². The molecule has 1 aliphatic heterocycles. The number of rotatable bonds is 8. The summed E-state index contributed by atoms with van der Waals surface area (Å²) in [5.41, 5.74) is 0.534. The van der Waals surface area contributed by atoms with Crippen LogP contribution in [0.15, 0.2) is 30.3 Å². The maximum atomic E-state index is 10.2. The van der Waals surface area contributed by atoms with Gasteiger partial charge in [-0.25, -0.2) is 0 Å². The summed E-state index contributed by atoms with van der Waals surface area (Å²) in [5, 5.41) is 10.2. The number of benzene rings is 1. The lowest BCUT2D eigenvalue weighted by atomic mass is 9.96. The first-order valence-corrected chi connectivity index (χ1v) is 6.61. The summed E-state index contributed by atoms with van der Waals surface area (Å²) in [7, 11) is 0. The van der Waals surface area contributed by atoms with Gasteiger partial charge in [0.1, 0.15) is 0 Å². The molecule has 1 aromatic rings. The zero-order valence-electron chi connectivity index (χ0n) is 11.0. The Bertz CT molecular complexity index is 344. The van der Waals surface area contributed by atoms with E-state index in [1.165, 1.54) is 5.56 Å². The average Bonchev–Trinajstić information content (AvgIpc) is 3.18. The van der Waals surface area contributed by atoms with Gasteiger partial charge in [0.2, 0.25) is 0 Å². The van der Waals surface area contributed by atoms with Gasteiger partial charge in [-0.05, 0) is 31.7 Å². The Morgan fingerprint density at radius 3 is 2.72 bits per heavy atom. The van der Waals surface area contributed by atoms with Gasteiger partial charge in [0.25, 0.3) is 0 Å². The molecule has 3 heteroatoms. The van der Waals surface area contributed by atoms with Crippen molar-refractivity contribution in [2.24, 2.45) is 0 Å². The molecule has 0 aromatic heterocycles. The third kappa shape index (κ3) is 5.17. The van der Waals surface area contributed by atoms with E-state index in [1.807, 2.05) is 37.3 Å². The molecule has 1 N–H and O–H groups in total. The minimum Gasteiger partial charge on any atom is -0.390 e. The first-order chi connectivity index (χ1) is 8.66. The van der Waals surface area contributed by atoms with Gasteiger partial charge >= 0.3 is 0 Å². The van der Waals surface area contributed by atoms with Gasteiger partial charge in [0.05, 0.1) is 24.9 Å². The van der Waals surface area contributed by atoms with E-state index < -0.39 is 5.60 Å². The molecule has 0 aliphatic carbocycles. The number of epoxide rings is 1. The SMILES string of the molecule is CC(O)(CCOCc1ccccc1)CCC1CO1. The molecular weight excluding hydrogens is 228 g/mol. The maximum absolute atomic E-state index is 10.2. The summed E-state index contributed by atoms with van der Waals surface area (Å²) >= 11 is 0. The molecule has 1 aliphatic rings. The lowest BCUT2D eigenvalue weighted by Gasteiger charge is -2.22. The molecule has 1 heterocycles. The molecular formula is C15H22O3. The van der Waals surface area contributed by atoms with Crippen molar-refractivity contribution in [2.45, 2.75) is 44.5 Å². The number of hydrogen-bond acceptors (Lipinski definition) is 3. The van der Waals surface area contributed by atoms with E-state index >= 15 is 0 Å². The normalized spacial score (nSPS) is 21.6. The molecule has 0 saturated carbocycles. The second-order valence-corrected chi connectivity index (χ2v) is 5.28. The van der Waals surface area contributed by atoms with E-state index in [0.29, 0.717) is 25.7 Å². The number of aliphatic hydroxyl groups is 1. The summed E-state index contributed by atoms with van der Waals surface area (Å²) in [6, 6.07) is 10.1. The maximum Gasteiger partial charge on any atom is 0.0811 e. The summed E-state index contributed by atoms with van der Waals surface area (Å²) < 4.78 is 10.7. The summed E-state index contributed by atoms with van der Waals surface area (Å²) in [6.45, 7) is 3.94. The fraction of sp³-hybridized carbons (Fsp3) is 0.600. The predicted octanol–water partition coefficient (Wildman–Crippen LogP) is 2.52. The molecule has 100 valence electrons. The van der Waals surface area contributed by atoms with Crippen LogP contribution in [0.5, 0.6) is 0 Å². The third-order valence-corrected chi connectivity index (χ3v) is 3.30. The van der Waals surface area contributed by atoms with Crippen LogP contribution in [-0.4, -0.2) is 30.0 Å². The van der Waals surface area contributed by atoms with Crippen molar-refractivity contribution < 1.29 is 14.6 Å². The van der Waals surface area contributed by atoms with Crippen molar-refractivity contribution in [3.8, 4) is 0 Å². The minimum absolute atomic E-state index is 0.390. The summed E-state index contributed by atoms with van der Waals surface area (Å²) in [5.74, 6) is 0. The van der Waals surface area contributed by atoms with E-state index in [1.54, 1.807) is 0 Å². The van der Waals surface area contributed by atoms with E-state index in [-0.39, 0.29) is 0 Å². The van der Waals surface area contributed by atoms with Crippen molar-refractivity contribution in [1.82, 2.24) is 0 Å². The van der Waals surface area contributed by atoms with Gasteiger partial charge in [-0.1, -0.05) is 30.3 Å². The van der Waals surface area contributed by atoms with E-state index in [0.717, 1.165) is 19.4 Å². The van der Waals surface area contributed by atoms with Crippen LogP contribution in [0.4, 0.5) is 0 Å². The Morgan fingerprint density at radius 2 is 2.06 bits per heavy atom. The second-order valence-electron chi connectivity index (χ2n) is 5.28. The lowest BCUT2D eigenvalue weighted by Crippen LogP contribution is -2.26. The fourth-order valence-corrected chi connectivity index (χ4v) is 1.89. The van der Waals surface area contributed by atoms with Gasteiger partial charge in [-0.15, -0.1) is 0 Å². The number of ether oxygens (including phenoxy) is 2. The Kier molecular flexibility index (Phi) is 4.75. The molecule has 2 unspecified atom stereocenters. The first-order valence-electron chi connectivity index (χ1n) is 6.61. The standard InChI is InChI=1S/C15H22O3/c1-15(16,8-7-14-12-18-14)9-10-17-11-13-5-3-2-4-6-13/h2-6,14,16H,7-12H2,1H3. The van der Waals surface area contributed by atoms with Crippen LogP contribution in [0.3, 0.4) is 0 Å². The highest BCUT2D eigenvalue weighted by molar-refractivity contribution is 5.13. The Morgan fingerprint density at radius 1 is 1.33 bits per heavy atom. The lowest BCUT2D eigenvalue weighted by molar-refractivity contribution is 0.00174. The van der Waals surface area contributed by atoms with Crippen LogP contribution in [0.1, 0.15) is 31.7 Å². The first kappa shape index (κ1) is 13.5. The van der Waals surface area contributed by atoms with E-state index in [9.17, 15) is 5.11 Å². The molecule has 3 nitrogen and oxygen atoms in total. The van der Waals surface area contributed by atoms with E-state index in [4.69, 9.17) is 9.47 Å². The van der Waals surface area contributed by atoms with Gasteiger partial charge < -0.3 is 14.6 Å². The Balaban J connectivity index is 1.58. The molecule has 0 radical (unpaired) electrons. The van der Waals surface area contributed by atoms with Crippen molar-refractivity contribution >= 4 is 0 Å². The van der Waals surface area contributed by atoms with Crippen LogP contribution < -0.4 is 0 Å². The van der Waals surface area contributed by atoms with Crippen molar-refractivity contribution in [2.75, 3.05) is 13.2 Å². The molecule has 2 atom stereocenters. The highest BCUT2D eigenvalue weighted by Gasteiger charge is 2.27. The molecule has 1 aromatic carbocycles. The smallest absolute Gasteiger partial charge is 0.0811 e. The van der Waals surface area contributed by atoms with Crippen LogP contribution in [0.25, 0.3) is 0 Å². The van der Waals surface area contributed by atoms with Gasteiger partial charge in [-0.3, -0.25) is 0 Å². The molecule has 0 bridgehead atoms. The molecule has 18 heavy (non-hydrogen) atoms. The van der Waals surface area contributed by atoms with Crippen LogP contribution in [0, 0.1) is 0 Å².